The zero-order valence-corrected chi connectivity index (χ0v) is 11.3. The number of nitrogens with two attached hydrogens (primary N) is 2. The summed E-state index contributed by atoms with van der Waals surface area (Å²) in [6, 6.07) is 0. The summed E-state index contributed by atoms with van der Waals surface area (Å²) in [4.78, 5) is 10.5. The van der Waals surface area contributed by atoms with Crippen LogP contribution in [0.3, 0.4) is 0 Å². The highest BCUT2D eigenvalue weighted by molar-refractivity contribution is 8.02. The zero-order chi connectivity index (χ0) is 12.9. The molecule has 0 aromatic carbocycles. The van der Waals surface area contributed by atoms with Gasteiger partial charge < -0.3 is 11.5 Å². The minimum Gasteiger partial charge on any atom is -0.374 e. The number of anilines is 1. The summed E-state index contributed by atoms with van der Waals surface area (Å²) in [5.74, 6) is -0.487. The van der Waals surface area contributed by atoms with Crippen molar-refractivity contribution < 1.29 is 13.2 Å². The predicted molar refractivity (Wildman–Crippen MR) is 67.5 cm³/mol. The molecule has 96 valence electrons. The highest BCUT2D eigenvalue weighted by atomic mass is 32.2. The Kier molecular flexibility index (Phi) is 5.15. The Labute approximate surface area is 107 Å². The van der Waals surface area contributed by atoms with Crippen molar-refractivity contribution in [3.63, 3.8) is 0 Å². The average Bonchev–Trinajstić information content (AvgIpc) is 2.61. The first-order chi connectivity index (χ1) is 7.89. The second kappa shape index (κ2) is 6.17. The smallest absolute Gasteiger partial charge is 0.218 e. The van der Waals surface area contributed by atoms with E-state index in [9.17, 15) is 13.2 Å². The molecule has 4 N–H and O–H groups in total. The van der Waals surface area contributed by atoms with Crippen molar-refractivity contribution in [3.05, 3.63) is 0 Å². The summed E-state index contributed by atoms with van der Waals surface area (Å²) in [6.07, 6.45) is -0.140. The molecule has 0 radical (unpaired) electrons. The number of nitrogens with zero attached hydrogens (tertiary/aromatic N) is 2. The molecular weight excluding hydrogens is 284 g/mol. The van der Waals surface area contributed by atoms with Crippen LogP contribution in [0.25, 0.3) is 0 Å². The van der Waals surface area contributed by atoms with Gasteiger partial charge in [0.05, 0.1) is 11.5 Å². The van der Waals surface area contributed by atoms with Crippen LogP contribution in [0.15, 0.2) is 4.34 Å². The second-order valence-electron chi connectivity index (χ2n) is 3.12. The first-order valence-corrected chi connectivity index (χ1v) is 8.22. The monoisotopic (exact) mass is 296 g/mol. The van der Waals surface area contributed by atoms with Crippen LogP contribution >= 0.6 is 23.1 Å². The van der Waals surface area contributed by atoms with E-state index in [0.29, 0.717) is 15.2 Å². The minimum absolute atomic E-state index is 0.0234. The molecule has 1 aromatic rings. The van der Waals surface area contributed by atoms with Crippen molar-refractivity contribution >= 4 is 44.0 Å². The van der Waals surface area contributed by atoms with Crippen LogP contribution in [0.4, 0.5) is 5.13 Å². The fourth-order valence-electron chi connectivity index (χ4n) is 0.893. The van der Waals surface area contributed by atoms with E-state index in [4.69, 9.17) is 11.5 Å². The molecule has 0 bridgehead atoms. The van der Waals surface area contributed by atoms with Crippen LogP contribution in [0, 0.1) is 0 Å². The first-order valence-electron chi connectivity index (χ1n) is 4.59. The fourth-order valence-corrected chi connectivity index (χ4v) is 4.32. The van der Waals surface area contributed by atoms with Crippen LogP contribution in [-0.4, -0.2) is 41.8 Å². The third-order valence-electron chi connectivity index (χ3n) is 1.70. The Morgan fingerprint density at radius 2 is 2.06 bits per heavy atom. The van der Waals surface area contributed by atoms with E-state index >= 15 is 0 Å². The number of thioether (sulfide) groups is 1. The van der Waals surface area contributed by atoms with Crippen LogP contribution < -0.4 is 11.5 Å². The third kappa shape index (κ3) is 5.84. The van der Waals surface area contributed by atoms with Gasteiger partial charge in [-0.2, -0.15) is 0 Å². The van der Waals surface area contributed by atoms with Crippen molar-refractivity contribution in [1.82, 2.24) is 10.2 Å². The van der Waals surface area contributed by atoms with Gasteiger partial charge in [0.25, 0.3) is 0 Å². The van der Waals surface area contributed by atoms with Gasteiger partial charge in [-0.3, -0.25) is 4.79 Å². The van der Waals surface area contributed by atoms with E-state index in [1.54, 1.807) is 0 Å². The van der Waals surface area contributed by atoms with Gasteiger partial charge in [0.1, 0.15) is 0 Å². The Morgan fingerprint density at radius 1 is 1.35 bits per heavy atom. The van der Waals surface area contributed by atoms with Crippen LogP contribution in [0.1, 0.15) is 6.42 Å². The predicted octanol–water partition coefficient (Wildman–Crippen LogP) is -0.497. The maximum atomic E-state index is 11.5. The molecule has 0 fully saturated rings. The lowest BCUT2D eigenvalue weighted by atomic mass is 10.5. The largest absolute Gasteiger partial charge is 0.374 e. The Morgan fingerprint density at radius 3 is 2.59 bits per heavy atom. The first kappa shape index (κ1) is 14.2. The molecule has 1 heterocycles. The second-order valence-corrected chi connectivity index (χ2v) is 7.78. The van der Waals surface area contributed by atoms with Gasteiger partial charge in [-0.1, -0.05) is 23.1 Å². The van der Waals surface area contributed by atoms with Crippen LogP contribution in [-0.2, 0) is 14.6 Å². The molecule has 10 heteroatoms. The third-order valence-corrected chi connectivity index (χ3v) is 5.50. The van der Waals surface area contributed by atoms with E-state index < -0.39 is 15.7 Å². The number of sulfone groups is 1. The van der Waals surface area contributed by atoms with E-state index in [-0.39, 0.29) is 17.9 Å². The van der Waals surface area contributed by atoms with Gasteiger partial charge in [-0.05, 0) is 0 Å². The van der Waals surface area contributed by atoms with Gasteiger partial charge in [-0.15, -0.1) is 10.2 Å². The van der Waals surface area contributed by atoms with Gasteiger partial charge in [-0.25, -0.2) is 8.42 Å². The molecule has 0 atom stereocenters. The topological polar surface area (TPSA) is 129 Å². The Bertz CT molecular complexity index is 484. The number of nitrogen functional groups attached to an aromatic ring is 1. The number of hydrogen-bond acceptors (Lipinski definition) is 8. The average molecular weight is 296 g/mol. The Hall–Kier alpha value is -0.870. The molecule has 0 saturated carbocycles. The van der Waals surface area contributed by atoms with Crippen molar-refractivity contribution in [2.75, 3.05) is 23.0 Å². The quantitative estimate of drug-likeness (QED) is 0.649. The van der Waals surface area contributed by atoms with E-state index in [1.165, 1.54) is 23.1 Å². The molecule has 7 nitrogen and oxygen atoms in total. The maximum Gasteiger partial charge on any atom is 0.218 e. The molecule has 0 aliphatic rings. The van der Waals surface area contributed by atoms with Crippen LogP contribution in [0.2, 0.25) is 0 Å². The van der Waals surface area contributed by atoms with Crippen molar-refractivity contribution in [2.24, 2.45) is 5.73 Å². The van der Waals surface area contributed by atoms with Crippen LogP contribution in [0.5, 0.6) is 0 Å². The van der Waals surface area contributed by atoms with Gasteiger partial charge in [0.2, 0.25) is 11.0 Å². The highest BCUT2D eigenvalue weighted by Gasteiger charge is 2.13. The number of carbonyl (C=O) groups is 1. The van der Waals surface area contributed by atoms with E-state index in [1.807, 2.05) is 0 Å². The minimum atomic E-state index is -3.24. The fraction of sp³-hybridized carbons (Fsp3) is 0.571. The molecule has 1 amide bonds. The number of amides is 1. The van der Waals surface area contributed by atoms with Crippen molar-refractivity contribution in [1.29, 1.82) is 0 Å². The van der Waals surface area contributed by atoms with Gasteiger partial charge >= 0.3 is 0 Å². The standard InChI is InChI=1S/C7H12N4O3S3/c8-5(12)1-3-17(13,14)4-2-15-7-11-10-6(9)16-7/h1-4H2,(H2,8,12)(H2,9,10). The molecule has 0 aliphatic carbocycles. The van der Waals surface area contributed by atoms with Crippen molar-refractivity contribution in [2.45, 2.75) is 10.8 Å². The summed E-state index contributed by atoms with van der Waals surface area (Å²) in [6.45, 7) is 0. The number of hydrogen-bond donors (Lipinski definition) is 2. The van der Waals surface area contributed by atoms with Crippen molar-refractivity contribution in [3.8, 4) is 0 Å². The molecule has 0 saturated heterocycles. The SMILES string of the molecule is NC(=O)CCS(=O)(=O)CCSc1nnc(N)s1. The molecule has 0 unspecified atom stereocenters. The maximum absolute atomic E-state index is 11.5. The number of rotatable bonds is 7. The van der Waals surface area contributed by atoms with E-state index in [2.05, 4.69) is 10.2 Å². The number of carbonyl (C=O) groups excluding carboxylic acids is 1. The lowest BCUT2D eigenvalue weighted by Gasteiger charge is -2.01. The summed E-state index contributed by atoms with van der Waals surface area (Å²) in [7, 11) is -3.24. The normalized spacial score (nSPS) is 11.5. The molecule has 0 aliphatic heterocycles. The molecule has 1 rings (SSSR count). The highest BCUT2D eigenvalue weighted by Crippen LogP contribution is 2.23. The summed E-state index contributed by atoms with van der Waals surface area (Å²) in [5.41, 5.74) is 10.3. The molecule has 0 spiro atoms. The van der Waals surface area contributed by atoms with Gasteiger partial charge in [0, 0.05) is 12.2 Å². The Balaban J connectivity index is 2.32. The molecule has 1 aromatic heterocycles. The lowest BCUT2D eigenvalue weighted by molar-refractivity contribution is -0.117. The number of aromatic nitrogens is 2. The molecule has 17 heavy (non-hydrogen) atoms. The summed E-state index contributed by atoms with van der Waals surface area (Å²) < 4.78 is 23.5. The number of primary amides is 1. The lowest BCUT2D eigenvalue weighted by Crippen LogP contribution is -2.19. The van der Waals surface area contributed by atoms with Gasteiger partial charge in [0.15, 0.2) is 14.2 Å². The van der Waals surface area contributed by atoms with E-state index in [0.717, 1.165) is 0 Å². The summed E-state index contributed by atoms with van der Waals surface area (Å²) >= 11 is 2.48. The summed E-state index contributed by atoms with van der Waals surface area (Å²) in [5, 5.41) is 7.70. The molecular formula is C7H12N4O3S3. The zero-order valence-electron chi connectivity index (χ0n) is 8.83.